The fourth-order valence-electron chi connectivity index (χ4n) is 9.63. The van der Waals surface area contributed by atoms with Gasteiger partial charge in [0.15, 0.2) is 6.23 Å². The maximum absolute atomic E-state index is 15.5. The van der Waals surface area contributed by atoms with Crippen LogP contribution in [0.1, 0.15) is 61.1 Å². The van der Waals surface area contributed by atoms with Crippen LogP contribution in [0.15, 0.2) is 97.1 Å². The van der Waals surface area contributed by atoms with Crippen molar-refractivity contribution in [1.82, 2.24) is 19.4 Å². The lowest BCUT2D eigenvalue weighted by Gasteiger charge is -2.40. The summed E-state index contributed by atoms with van der Waals surface area (Å²) in [6, 6.07) is 27.0. The highest BCUT2D eigenvalue weighted by molar-refractivity contribution is 5.97. The number of H-pyrrole nitrogens is 1. The lowest BCUT2D eigenvalue weighted by Crippen LogP contribution is -2.54. The highest BCUT2D eigenvalue weighted by Gasteiger charge is 2.45. The Hall–Kier alpha value is -5.80. The lowest BCUT2D eigenvalue weighted by atomic mass is 9.94. The number of benzene rings is 4. The third-order valence-electron chi connectivity index (χ3n) is 12.8. The molecule has 6 aromatic rings. The van der Waals surface area contributed by atoms with Crippen molar-refractivity contribution >= 4 is 34.0 Å². The number of carbonyl (C=O) groups is 2. The Balaban J connectivity index is 1.17. The van der Waals surface area contributed by atoms with Gasteiger partial charge in [0, 0.05) is 41.5 Å². The molecule has 0 radical (unpaired) electrons. The normalized spacial score (nSPS) is 24.0. The molecule has 7 atom stereocenters. The molecule has 0 spiro atoms. The first-order chi connectivity index (χ1) is 30.0. The van der Waals surface area contributed by atoms with Crippen LogP contribution in [0, 0.1) is 11.6 Å². The maximum Gasteiger partial charge on any atom is 0.410 e. The second-order valence-electron chi connectivity index (χ2n) is 16.7. The molecule has 4 N–H and O–H groups in total. The van der Waals surface area contributed by atoms with E-state index in [1.807, 2.05) is 60.7 Å². The molecular formula is C48H50F2N4O8. The number of amides is 2. The largest absolute Gasteiger partial charge is 0.445 e. The molecule has 12 nitrogen and oxygen atoms in total. The van der Waals surface area contributed by atoms with Crippen LogP contribution in [-0.2, 0) is 40.3 Å². The molecule has 3 aliphatic rings. The number of aromatic nitrogens is 2. The number of nitrogens with one attached hydrogen (secondary N) is 1. The lowest BCUT2D eigenvalue weighted by molar-refractivity contribution is -0.238. The van der Waals surface area contributed by atoms with Gasteiger partial charge >= 0.3 is 12.2 Å². The Kier molecular flexibility index (Phi) is 11.7. The van der Waals surface area contributed by atoms with Gasteiger partial charge in [-0.3, -0.25) is 0 Å². The molecule has 0 unspecified atom stereocenters. The zero-order chi connectivity index (χ0) is 43.1. The third-order valence-corrected chi connectivity index (χ3v) is 12.8. The van der Waals surface area contributed by atoms with Crippen molar-refractivity contribution in [2.75, 3.05) is 13.1 Å². The summed E-state index contributed by atoms with van der Waals surface area (Å²) in [4.78, 5) is 34.4. The number of halogens is 2. The molecule has 3 saturated heterocycles. The summed E-state index contributed by atoms with van der Waals surface area (Å²) < 4.78 is 50.2. The van der Waals surface area contributed by atoms with Gasteiger partial charge in [-0.05, 0) is 104 Å². The zero-order valence-electron chi connectivity index (χ0n) is 34.3. The summed E-state index contributed by atoms with van der Waals surface area (Å²) in [6.45, 7) is 2.74. The molecule has 0 aliphatic carbocycles. The summed E-state index contributed by atoms with van der Waals surface area (Å²) >= 11 is 0. The first-order valence-electron chi connectivity index (χ1n) is 21.3. The Morgan fingerprint density at radius 3 is 1.85 bits per heavy atom. The van der Waals surface area contributed by atoms with E-state index in [9.17, 15) is 24.9 Å². The number of carbonyl (C=O) groups excluding carboxylic acids is 2. The molecule has 5 heterocycles. The van der Waals surface area contributed by atoms with Crippen LogP contribution in [0.4, 0.5) is 18.4 Å². The summed E-state index contributed by atoms with van der Waals surface area (Å²) in [5.41, 5.74) is 4.94. The molecule has 2 amide bonds. The van der Waals surface area contributed by atoms with Gasteiger partial charge in [0.25, 0.3) is 0 Å². The fourth-order valence-corrected chi connectivity index (χ4v) is 9.63. The number of fused-ring (bicyclic) bond motifs is 2. The number of hydrogen-bond donors (Lipinski definition) is 4. The molecule has 324 valence electrons. The van der Waals surface area contributed by atoms with Gasteiger partial charge in [0.05, 0.1) is 23.0 Å². The number of likely N-dealkylation sites (tertiary alicyclic amines) is 2. The molecule has 4 aromatic carbocycles. The summed E-state index contributed by atoms with van der Waals surface area (Å²) in [6.07, 6.45) is -4.47. The van der Waals surface area contributed by atoms with E-state index in [1.54, 1.807) is 33.4 Å². The van der Waals surface area contributed by atoms with Gasteiger partial charge in [-0.15, -0.1) is 0 Å². The molecule has 62 heavy (non-hydrogen) atoms. The van der Waals surface area contributed by atoms with Gasteiger partial charge in [-0.25, -0.2) is 18.4 Å². The quantitative estimate of drug-likeness (QED) is 0.109. The van der Waals surface area contributed by atoms with E-state index in [4.69, 9.17) is 14.2 Å². The van der Waals surface area contributed by atoms with Crippen molar-refractivity contribution in [2.45, 2.75) is 101 Å². The maximum atomic E-state index is 15.5. The minimum Gasteiger partial charge on any atom is -0.445 e. The molecular weight excluding hydrogens is 799 g/mol. The van der Waals surface area contributed by atoms with Crippen LogP contribution in [0.5, 0.6) is 0 Å². The highest BCUT2D eigenvalue weighted by atomic mass is 19.1. The predicted octanol–water partition coefficient (Wildman–Crippen LogP) is 7.76. The van der Waals surface area contributed by atoms with Crippen molar-refractivity contribution < 1.29 is 47.9 Å². The minimum absolute atomic E-state index is 0.100. The third kappa shape index (κ3) is 8.03. The van der Waals surface area contributed by atoms with Gasteiger partial charge < -0.3 is 48.9 Å². The number of rotatable bonds is 10. The number of nitrogens with zero attached hydrogens (tertiary/aromatic N) is 3. The first-order valence-corrected chi connectivity index (χ1v) is 21.3. The zero-order valence-corrected chi connectivity index (χ0v) is 34.3. The Morgan fingerprint density at radius 1 is 0.710 bits per heavy atom. The summed E-state index contributed by atoms with van der Waals surface area (Å²) in [5.74, 6) is -1.03. The van der Waals surface area contributed by atoms with Crippen LogP contribution >= 0.6 is 0 Å². The fraction of sp³-hybridized carbons (Fsp3) is 0.375. The van der Waals surface area contributed by atoms with Gasteiger partial charge in [0.2, 0.25) is 0 Å². The Bertz CT molecular complexity index is 2570. The van der Waals surface area contributed by atoms with Crippen LogP contribution in [0.25, 0.3) is 33.2 Å². The van der Waals surface area contributed by atoms with Crippen molar-refractivity contribution in [1.29, 1.82) is 0 Å². The number of aliphatic hydroxyl groups is 3. The van der Waals surface area contributed by atoms with Gasteiger partial charge in [0.1, 0.15) is 43.2 Å². The van der Waals surface area contributed by atoms with E-state index in [0.717, 1.165) is 23.1 Å². The van der Waals surface area contributed by atoms with Crippen LogP contribution in [-0.4, -0.2) is 96.4 Å². The Labute approximate surface area is 357 Å². The monoisotopic (exact) mass is 848 g/mol. The molecule has 14 heteroatoms. The molecule has 3 aliphatic heterocycles. The number of ether oxygens (including phenoxy) is 3. The van der Waals surface area contributed by atoms with Crippen molar-refractivity contribution in [3.05, 3.63) is 131 Å². The van der Waals surface area contributed by atoms with Gasteiger partial charge in [-0.1, -0.05) is 60.7 Å². The van der Waals surface area contributed by atoms with E-state index in [1.165, 1.54) is 24.3 Å². The predicted molar refractivity (Wildman–Crippen MR) is 227 cm³/mol. The standard InChI is InChI=1S/C48H50F2N4O8/c1-28-43(55)44(56)45(57)46(62-28)54-40-23-32(50)17-19-36(40)38(25-34-15-9-21-53(34)48(59)61-27-30-12-6-3-7-13-30)42(54)41-37(35-18-16-31(49)22-39(35)51-41)24-33-14-8-20-52(33)47(58)60-26-29-10-4-2-5-11-29/h2-7,10-13,16-19,22-23,28,33-34,43-46,51,55-57H,8-9,14-15,20-21,24-27H2,1H3/t28-,33-,34-,43+,44+,45-,46-/m0/s1. The second-order valence-corrected chi connectivity index (χ2v) is 16.7. The number of aliphatic hydroxyl groups excluding tert-OH is 3. The molecule has 0 saturated carbocycles. The molecule has 0 bridgehead atoms. The van der Waals surface area contributed by atoms with E-state index < -0.39 is 54.5 Å². The molecule has 9 rings (SSSR count). The van der Waals surface area contributed by atoms with Crippen LogP contribution in [0.3, 0.4) is 0 Å². The second kappa shape index (κ2) is 17.5. The summed E-state index contributed by atoms with van der Waals surface area (Å²) in [5, 5.41) is 35.0. The smallest absolute Gasteiger partial charge is 0.410 e. The van der Waals surface area contributed by atoms with E-state index in [-0.39, 0.29) is 31.7 Å². The topological polar surface area (TPSA) is 150 Å². The van der Waals surface area contributed by atoms with E-state index in [0.29, 0.717) is 77.5 Å². The highest BCUT2D eigenvalue weighted by Crippen LogP contribution is 2.45. The summed E-state index contributed by atoms with van der Waals surface area (Å²) in [7, 11) is 0. The number of hydrogen-bond acceptors (Lipinski definition) is 8. The van der Waals surface area contributed by atoms with E-state index >= 15 is 8.78 Å². The molecule has 3 fully saturated rings. The average molecular weight is 849 g/mol. The van der Waals surface area contributed by atoms with E-state index in [2.05, 4.69) is 4.98 Å². The first kappa shape index (κ1) is 41.5. The SMILES string of the molecule is C[C@@H]1O[C@H](n2c(-c3[nH]c4cc(F)ccc4c3C[C@@H]3CCCN3C(=O)OCc3ccccc3)c(C[C@@H]3CCCN3C(=O)OCc3ccccc3)c3ccc(F)cc32)[C@@H](O)[C@H](O)[C@@H]1O. The number of aromatic amines is 1. The van der Waals surface area contributed by atoms with Gasteiger partial charge in [-0.2, -0.15) is 0 Å². The Morgan fingerprint density at radius 2 is 1.26 bits per heavy atom. The van der Waals surface area contributed by atoms with Crippen LogP contribution < -0.4 is 0 Å². The van der Waals surface area contributed by atoms with Crippen molar-refractivity contribution in [2.24, 2.45) is 0 Å². The van der Waals surface area contributed by atoms with Crippen LogP contribution in [0.2, 0.25) is 0 Å². The molecule has 2 aromatic heterocycles. The minimum atomic E-state index is -1.66. The average Bonchev–Trinajstić information content (AvgIpc) is 4.08. The van der Waals surface area contributed by atoms with Crippen molar-refractivity contribution in [3.8, 4) is 11.4 Å². The van der Waals surface area contributed by atoms with Crippen molar-refractivity contribution in [3.63, 3.8) is 0 Å².